The summed E-state index contributed by atoms with van der Waals surface area (Å²) in [6, 6.07) is 4.11. The molecule has 1 aromatic heterocycles. The largest absolute Gasteiger partial charge is 0.417 e. The number of nitrogens with zero attached hydrogens (tertiary/aromatic N) is 3. The summed E-state index contributed by atoms with van der Waals surface area (Å²) in [5, 5.41) is 0. The molecular weight excluding hydrogens is 360 g/mol. The molecule has 3 saturated heterocycles. The molecular formula is C18H23F2N3O2S. The minimum Gasteiger partial charge on any atom is -0.417 e. The third-order valence-electron chi connectivity index (χ3n) is 6.22. The van der Waals surface area contributed by atoms with E-state index in [1.165, 1.54) is 32.0 Å². The van der Waals surface area contributed by atoms with Crippen LogP contribution in [0.3, 0.4) is 0 Å². The lowest BCUT2D eigenvalue weighted by Gasteiger charge is -2.66. The topological polar surface area (TPSA) is 37.8 Å². The van der Waals surface area contributed by atoms with Crippen molar-refractivity contribution < 1.29 is 18.3 Å². The van der Waals surface area contributed by atoms with Crippen molar-refractivity contribution in [3.63, 3.8) is 0 Å². The molecule has 5 rings (SSSR count). The molecule has 8 heteroatoms. The average Bonchev–Trinajstić information content (AvgIpc) is 2.40. The molecule has 4 heterocycles. The summed E-state index contributed by atoms with van der Waals surface area (Å²) in [5.74, 6) is -0.0216. The van der Waals surface area contributed by atoms with Crippen molar-refractivity contribution in [1.29, 1.82) is 0 Å². The normalized spacial score (nSPS) is 27.1. The van der Waals surface area contributed by atoms with Gasteiger partial charge in [-0.3, -0.25) is 4.90 Å². The quantitative estimate of drug-likeness (QED) is 0.728. The van der Waals surface area contributed by atoms with Gasteiger partial charge in [-0.15, -0.1) is 0 Å². The second kappa shape index (κ2) is 6.02. The SMILES string of the molecule is Cc1nc(OC(F)F)ccc1SN1CC2(C1)CN(C1CC3(COC3)C1)C2. The third-order valence-corrected chi connectivity index (χ3v) is 7.36. The first-order chi connectivity index (χ1) is 12.4. The van der Waals surface area contributed by atoms with Gasteiger partial charge >= 0.3 is 6.61 Å². The maximum absolute atomic E-state index is 12.3. The van der Waals surface area contributed by atoms with Gasteiger partial charge in [0.1, 0.15) is 0 Å². The molecule has 0 bridgehead atoms. The Hall–Kier alpha value is -0.960. The lowest BCUT2D eigenvalue weighted by Crippen LogP contribution is -2.74. The monoisotopic (exact) mass is 383 g/mol. The van der Waals surface area contributed by atoms with Gasteiger partial charge in [0.25, 0.3) is 0 Å². The van der Waals surface area contributed by atoms with E-state index in [-0.39, 0.29) is 5.88 Å². The number of likely N-dealkylation sites (tertiary alicyclic amines) is 1. The van der Waals surface area contributed by atoms with E-state index in [0.717, 1.165) is 42.9 Å². The van der Waals surface area contributed by atoms with Crippen molar-refractivity contribution in [3.05, 3.63) is 17.8 Å². The number of alkyl halides is 2. The average molecular weight is 383 g/mol. The Bertz CT molecular complexity index is 694. The number of halogens is 2. The molecule has 1 aromatic rings. The van der Waals surface area contributed by atoms with E-state index in [2.05, 4.69) is 18.9 Å². The van der Waals surface area contributed by atoms with Gasteiger partial charge < -0.3 is 9.47 Å². The van der Waals surface area contributed by atoms with Crippen molar-refractivity contribution in [3.8, 4) is 5.88 Å². The van der Waals surface area contributed by atoms with Crippen LogP contribution in [-0.4, -0.2) is 66.2 Å². The number of pyridine rings is 1. The highest BCUT2D eigenvalue weighted by molar-refractivity contribution is 7.97. The first-order valence-corrected chi connectivity index (χ1v) is 9.89. The minimum absolute atomic E-state index is 0.0216. The molecule has 0 atom stereocenters. The van der Waals surface area contributed by atoms with Gasteiger partial charge in [0, 0.05) is 54.0 Å². The number of rotatable bonds is 5. The number of hydrogen-bond donors (Lipinski definition) is 0. The van der Waals surface area contributed by atoms with Gasteiger partial charge in [-0.2, -0.15) is 8.78 Å². The summed E-state index contributed by atoms with van der Waals surface area (Å²) in [7, 11) is 0. The smallest absolute Gasteiger partial charge is 0.388 e. The van der Waals surface area contributed by atoms with Crippen LogP contribution < -0.4 is 4.74 Å². The van der Waals surface area contributed by atoms with E-state index in [1.54, 1.807) is 11.9 Å². The highest BCUT2D eigenvalue weighted by Gasteiger charge is 2.58. The van der Waals surface area contributed by atoms with Gasteiger partial charge in [-0.25, -0.2) is 9.29 Å². The maximum atomic E-state index is 12.3. The Kier molecular flexibility index (Phi) is 3.97. The fourth-order valence-corrected chi connectivity index (χ4v) is 6.04. The van der Waals surface area contributed by atoms with E-state index in [4.69, 9.17) is 4.74 Å². The third kappa shape index (κ3) is 2.91. The molecule has 4 fully saturated rings. The van der Waals surface area contributed by atoms with Gasteiger partial charge in [-0.05, 0) is 37.8 Å². The molecule has 0 radical (unpaired) electrons. The molecule has 142 valence electrons. The molecule has 2 spiro atoms. The standard InChI is InChI=1S/C18H23F2N3O2S/c1-12-14(2-3-15(21-12)25-16(19)20)26-23-8-18(9-23)6-22(7-18)13-4-17(5-13)10-24-11-17/h2-3,13,16H,4-11H2,1H3. The molecule has 3 aliphatic heterocycles. The fraction of sp³-hybridized carbons (Fsp3) is 0.722. The van der Waals surface area contributed by atoms with Crippen LogP contribution >= 0.6 is 11.9 Å². The van der Waals surface area contributed by atoms with Gasteiger partial charge in [-0.1, -0.05) is 0 Å². The molecule has 0 amide bonds. The van der Waals surface area contributed by atoms with Crippen molar-refractivity contribution >= 4 is 11.9 Å². The summed E-state index contributed by atoms with van der Waals surface area (Å²) in [4.78, 5) is 7.76. The Balaban J connectivity index is 1.08. The van der Waals surface area contributed by atoms with Crippen molar-refractivity contribution in [2.45, 2.75) is 37.3 Å². The minimum atomic E-state index is -2.83. The summed E-state index contributed by atoms with van der Waals surface area (Å²) in [6.07, 6.45) is 2.64. The Morgan fingerprint density at radius 2 is 1.92 bits per heavy atom. The number of aryl methyl sites for hydroxylation is 1. The van der Waals surface area contributed by atoms with Crippen LogP contribution in [0.25, 0.3) is 0 Å². The van der Waals surface area contributed by atoms with E-state index < -0.39 is 6.61 Å². The molecule has 4 aliphatic rings. The van der Waals surface area contributed by atoms with E-state index in [0.29, 0.717) is 10.8 Å². The fourth-order valence-electron chi connectivity index (χ4n) is 4.78. The molecule has 0 unspecified atom stereocenters. The second-order valence-electron chi connectivity index (χ2n) is 8.46. The van der Waals surface area contributed by atoms with Crippen molar-refractivity contribution in [2.75, 3.05) is 39.4 Å². The highest BCUT2D eigenvalue weighted by atomic mass is 32.2. The zero-order chi connectivity index (χ0) is 17.9. The predicted octanol–water partition coefficient (Wildman–Crippen LogP) is 2.80. The van der Waals surface area contributed by atoms with Crippen LogP contribution in [0.1, 0.15) is 18.5 Å². The van der Waals surface area contributed by atoms with Gasteiger partial charge in [0.15, 0.2) is 0 Å². The zero-order valence-electron chi connectivity index (χ0n) is 14.8. The predicted molar refractivity (Wildman–Crippen MR) is 93.3 cm³/mol. The molecule has 1 aliphatic carbocycles. The van der Waals surface area contributed by atoms with Crippen LogP contribution in [-0.2, 0) is 4.74 Å². The maximum Gasteiger partial charge on any atom is 0.388 e. The van der Waals surface area contributed by atoms with Crippen LogP contribution in [0.5, 0.6) is 5.88 Å². The first-order valence-electron chi connectivity index (χ1n) is 9.12. The van der Waals surface area contributed by atoms with Crippen LogP contribution in [0.2, 0.25) is 0 Å². The molecule has 1 saturated carbocycles. The molecule has 5 nitrogen and oxygen atoms in total. The Labute approximate surface area is 156 Å². The Morgan fingerprint density at radius 3 is 2.50 bits per heavy atom. The van der Waals surface area contributed by atoms with E-state index in [9.17, 15) is 8.78 Å². The number of ether oxygens (including phenoxy) is 2. The zero-order valence-corrected chi connectivity index (χ0v) is 15.6. The lowest BCUT2D eigenvalue weighted by atomic mass is 9.61. The molecule has 0 N–H and O–H groups in total. The Morgan fingerprint density at radius 1 is 1.19 bits per heavy atom. The summed E-state index contributed by atoms with van der Waals surface area (Å²) in [6.45, 7) is 5.54. The lowest BCUT2D eigenvalue weighted by molar-refractivity contribution is -0.211. The van der Waals surface area contributed by atoms with Crippen molar-refractivity contribution in [2.24, 2.45) is 10.8 Å². The summed E-state index contributed by atoms with van der Waals surface area (Å²) in [5.41, 5.74) is 1.73. The highest BCUT2D eigenvalue weighted by Crippen LogP contribution is 2.53. The van der Waals surface area contributed by atoms with Gasteiger partial charge in [0.05, 0.1) is 18.9 Å². The number of aromatic nitrogens is 1. The van der Waals surface area contributed by atoms with E-state index >= 15 is 0 Å². The molecule has 26 heavy (non-hydrogen) atoms. The summed E-state index contributed by atoms with van der Waals surface area (Å²) < 4.78 is 36.6. The van der Waals surface area contributed by atoms with Crippen LogP contribution in [0, 0.1) is 17.8 Å². The van der Waals surface area contributed by atoms with Gasteiger partial charge in [0.2, 0.25) is 5.88 Å². The van der Waals surface area contributed by atoms with Crippen LogP contribution in [0.4, 0.5) is 8.78 Å². The second-order valence-corrected chi connectivity index (χ2v) is 9.60. The van der Waals surface area contributed by atoms with Crippen LogP contribution in [0.15, 0.2) is 17.0 Å². The van der Waals surface area contributed by atoms with E-state index in [1.807, 2.05) is 13.0 Å². The first kappa shape index (κ1) is 17.2. The van der Waals surface area contributed by atoms with Crippen molar-refractivity contribution in [1.82, 2.24) is 14.2 Å². The summed E-state index contributed by atoms with van der Waals surface area (Å²) >= 11 is 1.67. The molecule has 0 aromatic carbocycles. The number of hydrogen-bond acceptors (Lipinski definition) is 6.